The van der Waals surface area contributed by atoms with E-state index in [4.69, 9.17) is 9.47 Å². The zero-order valence-electron chi connectivity index (χ0n) is 18.2. The number of carbonyl (C=O) groups is 2. The summed E-state index contributed by atoms with van der Waals surface area (Å²) in [6.45, 7) is 1.30. The second-order valence-electron chi connectivity index (χ2n) is 7.55. The van der Waals surface area contributed by atoms with Gasteiger partial charge < -0.3 is 30.0 Å². The van der Waals surface area contributed by atoms with Gasteiger partial charge in [-0.25, -0.2) is 9.78 Å². The average Bonchev–Trinajstić information content (AvgIpc) is 3.19. The predicted molar refractivity (Wildman–Crippen MR) is 123 cm³/mol. The monoisotopic (exact) mass is 449 g/mol. The molecular weight excluding hydrogens is 426 g/mol. The first kappa shape index (κ1) is 22.1. The van der Waals surface area contributed by atoms with Crippen LogP contribution >= 0.6 is 0 Å². The molecule has 33 heavy (non-hydrogen) atoms. The number of aliphatic hydroxyl groups excluding tert-OH is 1. The standard InChI is InChI=1S/C24H23N3O6/c1-12(28)20(24(30)31)27-23(29)17-11-15-14-6-4-5-7-16(14)25-22(15)21(26-17)13-8-9-18(32-2)19(10-13)33-3/h4-12,20,25,28H,1-3H3,(H,27,29)(H,30,31). The molecule has 170 valence electrons. The van der Waals surface area contributed by atoms with Crippen molar-refractivity contribution in [2.45, 2.75) is 19.1 Å². The van der Waals surface area contributed by atoms with E-state index in [2.05, 4.69) is 15.3 Å². The van der Waals surface area contributed by atoms with Gasteiger partial charge in [-0.1, -0.05) is 18.2 Å². The molecule has 4 rings (SSSR count). The molecule has 9 nitrogen and oxygen atoms in total. The Morgan fingerprint density at radius 1 is 1.03 bits per heavy atom. The van der Waals surface area contributed by atoms with E-state index >= 15 is 0 Å². The maximum Gasteiger partial charge on any atom is 0.328 e. The van der Waals surface area contributed by atoms with Gasteiger partial charge in [-0.3, -0.25) is 4.79 Å². The highest BCUT2D eigenvalue weighted by atomic mass is 16.5. The molecular formula is C24H23N3O6. The van der Waals surface area contributed by atoms with Crippen LogP contribution in [0.1, 0.15) is 17.4 Å². The number of para-hydroxylation sites is 1. The highest BCUT2D eigenvalue weighted by Crippen LogP contribution is 2.36. The van der Waals surface area contributed by atoms with Gasteiger partial charge in [0.25, 0.3) is 5.91 Å². The van der Waals surface area contributed by atoms with E-state index in [1.165, 1.54) is 21.1 Å². The molecule has 2 aromatic carbocycles. The largest absolute Gasteiger partial charge is 0.493 e. The highest BCUT2D eigenvalue weighted by molar-refractivity contribution is 6.13. The second-order valence-corrected chi connectivity index (χ2v) is 7.55. The number of ether oxygens (including phenoxy) is 2. The molecule has 1 amide bonds. The number of H-pyrrole nitrogens is 1. The minimum absolute atomic E-state index is 0.0175. The Hall–Kier alpha value is -4.11. The van der Waals surface area contributed by atoms with Crippen LogP contribution in [0.5, 0.6) is 11.5 Å². The summed E-state index contributed by atoms with van der Waals surface area (Å²) in [5, 5.41) is 23.1. The van der Waals surface area contributed by atoms with Crippen molar-refractivity contribution in [3.8, 4) is 22.8 Å². The number of fused-ring (bicyclic) bond motifs is 3. The van der Waals surface area contributed by atoms with Gasteiger partial charge in [0.1, 0.15) is 5.69 Å². The Morgan fingerprint density at radius 3 is 2.42 bits per heavy atom. The number of benzene rings is 2. The van der Waals surface area contributed by atoms with E-state index < -0.39 is 24.0 Å². The van der Waals surface area contributed by atoms with Crippen LogP contribution in [0.15, 0.2) is 48.5 Å². The minimum atomic E-state index is -1.47. The summed E-state index contributed by atoms with van der Waals surface area (Å²) in [4.78, 5) is 32.3. The minimum Gasteiger partial charge on any atom is -0.493 e. The van der Waals surface area contributed by atoms with Crippen LogP contribution in [-0.2, 0) is 4.79 Å². The molecule has 0 fully saturated rings. The molecule has 0 aliphatic rings. The molecule has 9 heteroatoms. The van der Waals surface area contributed by atoms with E-state index in [0.29, 0.717) is 28.3 Å². The van der Waals surface area contributed by atoms with E-state index in [9.17, 15) is 19.8 Å². The second kappa shape index (κ2) is 8.79. The number of aromatic amines is 1. The Balaban J connectivity index is 1.92. The van der Waals surface area contributed by atoms with Gasteiger partial charge in [-0.05, 0) is 37.3 Å². The zero-order valence-corrected chi connectivity index (χ0v) is 18.2. The van der Waals surface area contributed by atoms with Crippen molar-refractivity contribution >= 4 is 33.7 Å². The molecule has 2 heterocycles. The van der Waals surface area contributed by atoms with Crippen LogP contribution in [0.25, 0.3) is 33.1 Å². The molecule has 2 atom stereocenters. The van der Waals surface area contributed by atoms with E-state index in [-0.39, 0.29) is 5.69 Å². The van der Waals surface area contributed by atoms with Gasteiger partial charge in [-0.15, -0.1) is 0 Å². The predicted octanol–water partition coefficient (Wildman–Crippen LogP) is 2.96. The first-order chi connectivity index (χ1) is 15.8. The zero-order chi connectivity index (χ0) is 23.7. The number of nitrogens with zero attached hydrogens (tertiary/aromatic N) is 1. The molecule has 0 saturated heterocycles. The molecule has 0 aliphatic carbocycles. The molecule has 2 unspecified atom stereocenters. The molecule has 4 N–H and O–H groups in total. The SMILES string of the molecule is COc1ccc(-c2nc(C(=O)NC(C(=O)O)C(C)O)cc3c2[nH]c2ccccc23)cc1OC. The number of methoxy groups -OCH3 is 2. The van der Waals surface area contributed by atoms with Gasteiger partial charge in [0.15, 0.2) is 17.5 Å². The Labute approximate surface area is 189 Å². The van der Waals surface area contributed by atoms with Gasteiger partial charge in [0.05, 0.1) is 31.5 Å². The normalized spacial score (nSPS) is 13.0. The van der Waals surface area contributed by atoms with Crippen molar-refractivity contribution in [3.63, 3.8) is 0 Å². The summed E-state index contributed by atoms with van der Waals surface area (Å²) in [6.07, 6.45) is -1.28. The number of aliphatic carboxylic acids is 1. The molecule has 4 aromatic rings. The number of pyridine rings is 1. The fourth-order valence-electron chi connectivity index (χ4n) is 3.76. The lowest BCUT2D eigenvalue weighted by Crippen LogP contribution is -2.47. The van der Waals surface area contributed by atoms with Gasteiger partial charge in [0, 0.05) is 21.9 Å². The lowest BCUT2D eigenvalue weighted by Gasteiger charge is -2.17. The van der Waals surface area contributed by atoms with Gasteiger partial charge >= 0.3 is 5.97 Å². The fourth-order valence-corrected chi connectivity index (χ4v) is 3.76. The van der Waals surface area contributed by atoms with Crippen LogP contribution in [-0.4, -0.2) is 58.4 Å². The summed E-state index contributed by atoms with van der Waals surface area (Å²) >= 11 is 0. The number of carbonyl (C=O) groups excluding carboxylic acids is 1. The maximum absolute atomic E-state index is 13.0. The van der Waals surface area contributed by atoms with Crippen molar-refractivity contribution in [1.29, 1.82) is 0 Å². The Kier molecular flexibility index (Phi) is 5.89. The summed E-state index contributed by atoms with van der Waals surface area (Å²) in [7, 11) is 3.07. The van der Waals surface area contributed by atoms with E-state index in [1.54, 1.807) is 24.3 Å². The molecule has 0 bridgehead atoms. The third-order valence-corrected chi connectivity index (χ3v) is 5.42. The molecule has 2 aromatic heterocycles. The van der Waals surface area contributed by atoms with Crippen molar-refractivity contribution < 1.29 is 29.3 Å². The fraction of sp³-hybridized carbons (Fsp3) is 0.208. The summed E-state index contributed by atoms with van der Waals surface area (Å²) in [5.74, 6) is -1.01. The number of amides is 1. The number of rotatable bonds is 7. The molecule has 0 saturated carbocycles. The van der Waals surface area contributed by atoms with Crippen LogP contribution < -0.4 is 14.8 Å². The Morgan fingerprint density at radius 2 is 1.76 bits per heavy atom. The molecule has 0 radical (unpaired) electrons. The summed E-state index contributed by atoms with van der Waals surface area (Å²) in [5.41, 5.74) is 2.75. The number of hydrogen-bond acceptors (Lipinski definition) is 6. The number of nitrogens with one attached hydrogen (secondary N) is 2. The first-order valence-corrected chi connectivity index (χ1v) is 10.2. The topological polar surface area (TPSA) is 134 Å². The van der Waals surface area contributed by atoms with Crippen molar-refractivity contribution in [3.05, 3.63) is 54.2 Å². The van der Waals surface area contributed by atoms with E-state index in [1.807, 2.05) is 24.3 Å². The number of aliphatic hydroxyl groups is 1. The number of carboxylic acids is 1. The van der Waals surface area contributed by atoms with Crippen LogP contribution in [0.3, 0.4) is 0 Å². The molecule has 0 aliphatic heterocycles. The molecule has 0 spiro atoms. The third-order valence-electron chi connectivity index (χ3n) is 5.42. The third kappa shape index (κ3) is 4.06. The maximum atomic E-state index is 13.0. The van der Waals surface area contributed by atoms with Gasteiger partial charge in [0.2, 0.25) is 0 Å². The lowest BCUT2D eigenvalue weighted by atomic mass is 10.1. The average molecular weight is 449 g/mol. The van der Waals surface area contributed by atoms with Crippen LogP contribution in [0, 0.1) is 0 Å². The van der Waals surface area contributed by atoms with Crippen LogP contribution in [0.2, 0.25) is 0 Å². The smallest absolute Gasteiger partial charge is 0.328 e. The Bertz CT molecular complexity index is 1360. The number of hydrogen-bond donors (Lipinski definition) is 4. The van der Waals surface area contributed by atoms with Crippen molar-refractivity contribution in [2.24, 2.45) is 0 Å². The van der Waals surface area contributed by atoms with E-state index in [0.717, 1.165) is 16.3 Å². The van der Waals surface area contributed by atoms with Crippen molar-refractivity contribution in [1.82, 2.24) is 15.3 Å². The lowest BCUT2D eigenvalue weighted by molar-refractivity contribution is -0.141. The highest BCUT2D eigenvalue weighted by Gasteiger charge is 2.27. The number of carboxylic acid groups (broad SMARTS) is 1. The van der Waals surface area contributed by atoms with Crippen molar-refractivity contribution in [2.75, 3.05) is 14.2 Å². The quantitative estimate of drug-likeness (QED) is 0.341. The first-order valence-electron chi connectivity index (χ1n) is 10.2. The number of aromatic nitrogens is 2. The summed E-state index contributed by atoms with van der Waals surface area (Å²) in [6, 6.07) is 13.1. The van der Waals surface area contributed by atoms with Gasteiger partial charge in [-0.2, -0.15) is 0 Å². The summed E-state index contributed by atoms with van der Waals surface area (Å²) < 4.78 is 10.7. The van der Waals surface area contributed by atoms with Crippen LogP contribution in [0.4, 0.5) is 0 Å².